The summed E-state index contributed by atoms with van der Waals surface area (Å²) < 4.78 is 0. The van der Waals surface area contributed by atoms with Crippen molar-refractivity contribution in [3.05, 3.63) is 11.4 Å². The normalized spacial score (nSPS) is 15.3. The van der Waals surface area contributed by atoms with E-state index in [2.05, 4.69) is 20.7 Å². The SMILES string of the molecule is CNc1nc(C2CC2)nc(NN(C)C)c1C. The largest absolute Gasteiger partial charge is 0.373 e. The van der Waals surface area contributed by atoms with Crippen molar-refractivity contribution in [2.24, 2.45) is 0 Å². The molecule has 5 nitrogen and oxygen atoms in total. The van der Waals surface area contributed by atoms with Crippen molar-refractivity contribution < 1.29 is 0 Å². The van der Waals surface area contributed by atoms with E-state index in [1.165, 1.54) is 12.8 Å². The molecular weight excluding hydrogens is 202 g/mol. The number of hydrogen-bond acceptors (Lipinski definition) is 5. The summed E-state index contributed by atoms with van der Waals surface area (Å²) >= 11 is 0. The van der Waals surface area contributed by atoms with Gasteiger partial charge in [-0.1, -0.05) is 0 Å². The minimum atomic E-state index is 0.565. The fourth-order valence-corrected chi connectivity index (χ4v) is 1.62. The Morgan fingerprint density at radius 3 is 2.31 bits per heavy atom. The lowest BCUT2D eigenvalue weighted by molar-refractivity contribution is 0.491. The first-order chi connectivity index (χ1) is 7.61. The molecule has 0 bridgehead atoms. The zero-order valence-electron chi connectivity index (χ0n) is 10.3. The number of nitrogens with one attached hydrogen (secondary N) is 2. The molecule has 1 aromatic rings. The highest BCUT2D eigenvalue weighted by Gasteiger charge is 2.28. The van der Waals surface area contributed by atoms with Crippen LogP contribution in [0.2, 0.25) is 0 Å². The molecule has 0 radical (unpaired) electrons. The first-order valence-electron chi connectivity index (χ1n) is 5.62. The van der Waals surface area contributed by atoms with Crippen molar-refractivity contribution in [2.45, 2.75) is 25.7 Å². The zero-order chi connectivity index (χ0) is 11.7. The van der Waals surface area contributed by atoms with E-state index in [1.54, 1.807) is 0 Å². The average Bonchev–Trinajstić information content (AvgIpc) is 3.04. The van der Waals surface area contributed by atoms with Gasteiger partial charge in [-0.05, 0) is 19.8 Å². The Hall–Kier alpha value is -1.36. The van der Waals surface area contributed by atoms with E-state index in [-0.39, 0.29) is 0 Å². The predicted octanol–water partition coefficient (Wildman–Crippen LogP) is 1.59. The summed E-state index contributed by atoms with van der Waals surface area (Å²) in [6, 6.07) is 0. The molecule has 0 amide bonds. The molecule has 1 saturated carbocycles. The molecular formula is C11H19N5. The van der Waals surface area contributed by atoms with Gasteiger partial charge in [0, 0.05) is 32.6 Å². The molecule has 0 aromatic carbocycles. The molecule has 0 aliphatic heterocycles. The van der Waals surface area contributed by atoms with Gasteiger partial charge in [-0.25, -0.2) is 15.0 Å². The Morgan fingerprint density at radius 2 is 1.81 bits per heavy atom. The maximum absolute atomic E-state index is 4.58. The van der Waals surface area contributed by atoms with Crippen LogP contribution in [0, 0.1) is 6.92 Å². The van der Waals surface area contributed by atoms with Gasteiger partial charge in [0.2, 0.25) is 0 Å². The van der Waals surface area contributed by atoms with E-state index in [1.807, 2.05) is 33.1 Å². The third kappa shape index (κ3) is 2.24. The standard InChI is InChI=1S/C11H19N5/c1-7-9(12-2)13-11(8-5-6-8)14-10(7)15-16(3)4/h8H,5-6H2,1-4H3,(H2,12,13,14,15). The van der Waals surface area contributed by atoms with Crippen LogP contribution in [0.1, 0.15) is 30.1 Å². The fourth-order valence-electron chi connectivity index (χ4n) is 1.62. The summed E-state index contributed by atoms with van der Waals surface area (Å²) in [4.78, 5) is 9.12. The number of aromatic nitrogens is 2. The van der Waals surface area contributed by atoms with Crippen LogP contribution in [-0.2, 0) is 0 Å². The molecule has 2 N–H and O–H groups in total. The maximum atomic E-state index is 4.58. The van der Waals surface area contributed by atoms with E-state index < -0.39 is 0 Å². The van der Waals surface area contributed by atoms with Crippen molar-refractivity contribution in [2.75, 3.05) is 31.9 Å². The monoisotopic (exact) mass is 221 g/mol. The second-order valence-electron chi connectivity index (χ2n) is 4.43. The molecule has 88 valence electrons. The molecule has 0 saturated heterocycles. The van der Waals surface area contributed by atoms with Crippen LogP contribution in [0.25, 0.3) is 0 Å². The van der Waals surface area contributed by atoms with Crippen LogP contribution >= 0.6 is 0 Å². The van der Waals surface area contributed by atoms with Gasteiger partial charge in [-0.15, -0.1) is 0 Å². The lowest BCUT2D eigenvalue weighted by Crippen LogP contribution is -2.22. The van der Waals surface area contributed by atoms with Crippen molar-refractivity contribution in [1.82, 2.24) is 15.0 Å². The fraction of sp³-hybridized carbons (Fsp3) is 0.636. The van der Waals surface area contributed by atoms with Crippen molar-refractivity contribution >= 4 is 11.6 Å². The smallest absolute Gasteiger partial charge is 0.149 e. The first kappa shape index (κ1) is 11.1. The van der Waals surface area contributed by atoms with E-state index in [4.69, 9.17) is 0 Å². The second kappa shape index (κ2) is 4.25. The number of hydrazine groups is 1. The Kier molecular flexibility index (Phi) is 2.96. The third-order valence-corrected chi connectivity index (χ3v) is 2.67. The summed E-state index contributed by atoms with van der Waals surface area (Å²) in [5.41, 5.74) is 4.27. The lowest BCUT2D eigenvalue weighted by atomic mass is 10.3. The van der Waals surface area contributed by atoms with Gasteiger partial charge in [0.25, 0.3) is 0 Å². The molecule has 1 aromatic heterocycles. The molecule has 1 heterocycles. The van der Waals surface area contributed by atoms with Gasteiger partial charge in [0.05, 0.1) is 0 Å². The molecule has 1 aliphatic rings. The molecule has 0 unspecified atom stereocenters. The molecule has 16 heavy (non-hydrogen) atoms. The van der Waals surface area contributed by atoms with Crippen LogP contribution in [0.4, 0.5) is 11.6 Å². The lowest BCUT2D eigenvalue weighted by Gasteiger charge is -2.17. The van der Waals surface area contributed by atoms with Gasteiger partial charge < -0.3 is 10.7 Å². The van der Waals surface area contributed by atoms with Crippen molar-refractivity contribution in [3.8, 4) is 0 Å². The minimum absolute atomic E-state index is 0.565. The minimum Gasteiger partial charge on any atom is -0.373 e. The summed E-state index contributed by atoms with van der Waals surface area (Å²) in [5.74, 6) is 3.34. The highest BCUT2D eigenvalue weighted by molar-refractivity contribution is 5.56. The van der Waals surface area contributed by atoms with E-state index >= 15 is 0 Å². The van der Waals surface area contributed by atoms with Crippen molar-refractivity contribution in [3.63, 3.8) is 0 Å². The highest BCUT2D eigenvalue weighted by atomic mass is 15.5. The van der Waals surface area contributed by atoms with Gasteiger partial charge in [-0.3, -0.25) is 0 Å². The Balaban J connectivity index is 2.36. The third-order valence-electron chi connectivity index (χ3n) is 2.67. The number of nitrogens with zero attached hydrogens (tertiary/aromatic N) is 3. The van der Waals surface area contributed by atoms with Gasteiger partial charge in [-0.2, -0.15) is 0 Å². The zero-order valence-corrected chi connectivity index (χ0v) is 10.3. The topological polar surface area (TPSA) is 53.1 Å². The van der Waals surface area contributed by atoms with E-state index in [0.29, 0.717) is 5.92 Å². The van der Waals surface area contributed by atoms with E-state index in [9.17, 15) is 0 Å². The number of hydrogen-bond donors (Lipinski definition) is 2. The van der Waals surface area contributed by atoms with Gasteiger partial charge >= 0.3 is 0 Å². The van der Waals surface area contributed by atoms with Crippen LogP contribution in [0.5, 0.6) is 0 Å². The molecule has 0 atom stereocenters. The Morgan fingerprint density at radius 1 is 1.19 bits per heavy atom. The Labute approximate surface area is 96.2 Å². The second-order valence-corrected chi connectivity index (χ2v) is 4.43. The number of anilines is 2. The van der Waals surface area contributed by atoms with Crippen LogP contribution in [-0.4, -0.2) is 36.1 Å². The Bertz CT molecular complexity index is 384. The van der Waals surface area contributed by atoms with Gasteiger partial charge in [0.1, 0.15) is 17.5 Å². The van der Waals surface area contributed by atoms with Crippen LogP contribution in [0.15, 0.2) is 0 Å². The first-order valence-corrected chi connectivity index (χ1v) is 5.62. The van der Waals surface area contributed by atoms with Crippen molar-refractivity contribution in [1.29, 1.82) is 0 Å². The van der Waals surface area contributed by atoms with E-state index in [0.717, 1.165) is 23.0 Å². The molecule has 1 fully saturated rings. The summed E-state index contributed by atoms with van der Waals surface area (Å²) in [7, 11) is 5.81. The quantitative estimate of drug-likeness (QED) is 0.756. The summed E-state index contributed by atoms with van der Waals surface area (Å²) in [6.45, 7) is 2.02. The molecule has 5 heteroatoms. The van der Waals surface area contributed by atoms with Crippen LogP contribution < -0.4 is 10.7 Å². The summed E-state index contributed by atoms with van der Waals surface area (Å²) in [6.07, 6.45) is 2.43. The molecule has 2 rings (SSSR count). The molecule has 1 aliphatic carbocycles. The van der Waals surface area contributed by atoms with Gasteiger partial charge in [0.15, 0.2) is 0 Å². The number of rotatable bonds is 4. The average molecular weight is 221 g/mol. The highest BCUT2D eigenvalue weighted by Crippen LogP contribution is 2.39. The summed E-state index contributed by atoms with van der Waals surface area (Å²) in [5, 5.41) is 5.02. The maximum Gasteiger partial charge on any atom is 0.149 e. The molecule has 0 spiro atoms. The van der Waals surface area contributed by atoms with Crippen LogP contribution in [0.3, 0.4) is 0 Å². The predicted molar refractivity (Wildman–Crippen MR) is 65.6 cm³/mol.